The van der Waals surface area contributed by atoms with E-state index in [1.165, 1.54) is 0 Å². The molecule has 88 valence electrons. The fourth-order valence-corrected chi connectivity index (χ4v) is 1.29. The van der Waals surface area contributed by atoms with E-state index in [1.54, 1.807) is 13.2 Å². The quantitative estimate of drug-likeness (QED) is 0.759. The second-order valence-corrected chi connectivity index (χ2v) is 3.69. The van der Waals surface area contributed by atoms with E-state index in [4.69, 9.17) is 4.74 Å². The first-order valence-electron chi connectivity index (χ1n) is 5.19. The first-order valence-corrected chi connectivity index (χ1v) is 5.19. The topological polar surface area (TPSA) is 41.6 Å². The van der Waals surface area contributed by atoms with E-state index in [1.807, 2.05) is 37.2 Å². The molecule has 0 atom stereocenters. The minimum Gasteiger partial charge on any atom is -0.383 e. The molecule has 0 fully saturated rings. The Morgan fingerprint density at radius 2 is 2.19 bits per heavy atom. The molecule has 0 aliphatic heterocycles. The Morgan fingerprint density at radius 3 is 2.81 bits per heavy atom. The molecule has 0 heterocycles. The van der Waals surface area contributed by atoms with Gasteiger partial charge in [-0.25, -0.2) is 0 Å². The van der Waals surface area contributed by atoms with Gasteiger partial charge in [0.15, 0.2) is 0 Å². The van der Waals surface area contributed by atoms with Crippen molar-refractivity contribution in [1.29, 1.82) is 0 Å². The molecular weight excluding hydrogens is 204 g/mol. The summed E-state index contributed by atoms with van der Waals surface area (Å²) in [5.74, 6) is -0.0687. The molecule has 0 unspecified atom stereocenters. The number of hydrogen-bond donors (Lipinski definition) is 1. The van der Waals surface area contributed by atoms with Crippen LogP contribution >= 0.6 is 0 Å². The first-order chi connectivity index (χ1) is 7.65. The van der Waals surface area contributed by atoms with Crippen LogP contribution in [-0.2, 0) is 4.74 Å². The molecule has 0 aliphatic rings. The van der Waals surface area contributed by atoms with Crippen LogP contribution in [0, 0.1) is 0 Å². The van der Waals surface area contributed by atoms with Crippen LogP contribution in [0.2, 0.25) is 0 Å². The third kappa shape index (κ3) is 3.55. The second-order valence-electron chi connectivity index (χ2n) is 3.69. The number of nitrogens with one attached hydrogen (secondary N) is 1. The van der Waals surface area contributed by atoms with Gasteiger partial charge in [0, 0.05) is 39.0 Å². The van der Waals surface area contributed by atoms with Gasteiger partial charge in [-0.1, -0.05) is 6.07 Å². The van der Waals surface area contributed by atoms with Crippen LogP contribution in [0.3, 0.4) is 0 Å². The summed E-state index contributed by atoms with van der Waals surface area (Å²) in [4.78, 5) is 13.7. The van der Waals surface area contributed by atoms with Crippen molar-refractivity contribution in [2.45, 2.75) is 0 Å². The highest BCUT2D eigenvalue weighted by atomic mass is 16.5. The molecule has 0 saturated heterocycles. The van der Waals surface area contributed by atoms with E-state index in [9.17, 15) is 4.79 Å². The largest absolute Gasteiger partial charge is 0.383 e. The number of hydrogen-bond acceptors (Lipinski definition) is 3. The van der Waals surface area contributed by atoms with Gasteiger partial charge >= 0.3 is 0 Å². The van der Waals surface area contributed by atoms with Crippen molar-refractivity contribution in [2.24, 2.45) is 0 Å². The van der Waals surface area contributed by atoms with Crippen LogP contribution in [0.1, 0.15) is 10.4 Å². The van der Waals surface area contributed by atoms with Crippen LogP contribution in [-0.4, -0.2) is 40.3 Å². The van der Waals surface area contributed by atoms with Crippen LogP contribution < -0.4 is 10.2 Å². The molecular formula is C12H18N2O2. The van der Waals surface area contributed by atoms with Crippen LogP contribution in [0.4, 0.5) is 5.69 Å². The molecule has 1 N–H and O–H groups in total. The number of amides is 1. The molecule has 0 aliphatic carbocycles. The predicted molar refractivity (Wildman–Crippen MR) is 65.0 cm³/mol. The van der Waals surface area contributed by atoms with Gasteiger partial charge in [-0.05, 0) is 18.2 Å². The molecule has 4 heteroatoms. The average Bonchev–Trinajstić information content (AvgIpc) is 2.29. The van der Waals surface area contributed by atoms with Gasteiger partial charge in [0.2, 0.25) is 0 Å². The third-order valence-electron chi connectivity index (χ3n) is 2.22. The zero-order chi connectivity index (χ0) is 12.0. The number of nitrogens with zero attached hydrogens (tertiary/aromatic N) is 1. The molecule has 4 nitrogen and oxygen atoms in total. The summed E-state index contributed by atoms with van der Waals surface area (Å²) < 4.78 is 4.87. The van der Waals surface area contributed by atoms with Gasteiger partial charge in [0.05, 0.1) is 6.61 Å². The Kier molecular flexibility index (Phi) is 4.79. The predicted octanol–water partition coefficient (Wildman–Crippen LogP) is 1.13. The Balaban J connectivity index is 2.64. The van der Waals surface area contributed by atoms with E-state index in [0.29, 0.717) is 18.7 Å². The molecule has 1 aromatic rings. The van der Waals surface area contributed by atoms with Crippen molar-refractivity contribution in [3.05, 3.63) is 29.8 Å². The minimum absolute atomic E-state index is 0.0687. The molecule has 0 saturated carbocycles. The van der Waals surface area contributed by atoms with Crippen LogP contribution in [0.25, 0.3) is 0 Å². The maximum atomic E-state index is 11.7. The minimum atomic E-state index is -0.0687. The molecule has 0 aromatic heterocycles. The highest BCUT2D eigenvalue weighted by molar-refractivity contribution is 5.95. The van der Waals surface area contributed by atoms with Gasteiger partial charge in [0.25, 0.3) is 5.91 Å². The number of anilines is 1. The van der Waals surface area contributed by atoms with Crippen LogP contribution in [0.15, 0.2) is 24.3 Å². The number of carbonyl (C=O) groups excluding carboxylic acids is 1. The SMILES string of the molecule is COCCNC(=O)c1cccc(N(C)C)c1. The molecule has 1 amide bonds. The van der Waals surface area contributed by atoms with Crippen molar-refractivity contribution in [3.8, 4) is 0 Å². The average molecular weight is 222 g/mol. The lowest BCUT2D eigenvalue weighted by molar-refractivity contribution is 0.0937. The van der Waals surface area contributed by atoms with E-state index in [0.717, 1.165) is 5.69 Å². The summed E-state index contributed by atoms with van der Waals surface area (Å²) in [6.45, 7) is 1.06. The maximum absolute atomic E-state index is 11.7. The van der Waals surface area contributed by atoms with Gasteiger partial charge in [-0.3, -0.25) is 4.79 Å². The Bertz CT molecular complexity index is 351. The number of benzene rings is 1. The van der Waals surface area contributed by atoms with Gasteiger partial charge < -0.3 is 15.0 Å². The normalized spacial score (nSPS) is 9.94. The van der Waals surface area contributed by atoms with E-state index >= 15 is 0 Å². The number of rotatable bonds is 5. The number of carbonyl (C=O) groups is 1. The molecule has 1 aromatic carbocycles. The highest BCUT2D eigenvalue weighted by Gasteiger charge is 2.05. The van der Waals surface area contributed by atoms with Gasteiger partial charge in [0.1, 0.15) is 0 Å². The number of methoxy groups -OCH3 is 1. The summed E-state index contributed by atoms with van der Waals surface area (Å²) >= 11 is 0. The smallest absolute Gasteiger partial charge is 0.251 e. The van der Waals surface area contributed by atoms with Crippen molar-refractivity contribution < 1.29 is 9.53 Å². The lowest BCUT2D eigenvalue weighted by Crippen LogP contribution is -2.27. The van der Waals surface area contributed by atoms with Gasteiger partial charge in [-0.15, -0.1) is 0 Å². The molecule has 0 spiro atoms. The fourth-order valence-electron chi connectivity index (χ4n) is 1.29. The summed E-state index contributed by atoms with van der Waals surface area (Å²) in [5, 5.41) is 2.78. The Morgan fingerprint density at radius 1 is 1.44 bits per heavy atom. The van der Waals surface area contributed by atoms with Crippen molar-refractivity contribution in [1.82, 2.24) is 5.32 Å². The van der Waals surface area contributed by atoms with E-state index < -0.39 is 0 Å². The van der Waals surface area contributed by atoms with Crippen molar-refractivity contribution in [2.75, 3.05) is 39.3 Å². The maximum Gasteiger partial charge on any atom is 0.251 e. The standard InChI is InChI=1S/C12H18N2O2/c1-14(2)11-6-4-5-10(9-11)12(15)13-7-8-16-3/h4-6,9H,7-8H2,1-3H3,(H,13,15). The summed E-state index contributed by atoms with van der Waals surface area (Å²) in [6, 6.07) is 7.50. The monoisotopic (exact) mass is 222 g/mol. The summed E-state index contributed by atoms with van der Waals surface area (Å²) in [6.07, 6.45) is 0. The zero-order valence-corrected chi connectivity index (χ0v) is 9.99. The highest BCUT2D eigenvalue weighted by Crippen LogP contribution is 2.12. The molecule has 16 heavy (non-hydrogen) atoms. The number of ether oxygens (including phenoxy) is 1. The molecule has 1 rings (SSSR count). The lowest BCUT2D eigenvalue weighted by Gasteiger charge is -2.13. The second kappa shape index (κ2) is 6.12. The third-order valence-corrected chi connectivity index (χ3v) is 2.22. The first kappa shape index (κ1) is 12.5. The Hall–Kier alpha value is -1.55. The zero-order valence-electron chi connectivity index (χ0n) is 9.99. The van der Waals surface area contributed by atoms with Gasteiger partial charge in [-0.2, -0.15) is 0 Å². The van der Waals surface area contributed by atoms with Crippen LogP contribution in [0.5, 0.6) is 0 Å². The fraction of sp³-hybridized carbons (Fsp3) is 0.417. The Labute approximate surface area is 96.2 Å². The van der Waals surface area contributed by atoms with E-state index in [-0.39, 0.29) is 5.91 Å². The molecule has 0 radical (unpaired) electrons. The molecule has 0 bridgehead atoms. The van der Waals surface area contributed by atoms with E-state index in [2.05, 4.69) is 5.32 Å². The summed E-state index contributed by atoms with van der Waals surface area (Å²) in [7, 11) is 5.50. The van der Waals surface area contributed by atoms with Crippen molar-refractivity contribution in [3.63, 3.8) is 0 Å². The van der Waals surface area contributed by atoms with Crippen molar-refractivity contribution >= 4 is 11.6 Å². The summed E-state index contributed by atoms with van der Waals surface area (Å²) in [5.41, 5.74) is 1.68. The lowest BCUT2D eigenvalue weighted by atomic mass is 10.2.